The number of hydrogen-bond acceptors (Lipinski definition) is 2. The zero-order valence-electron chi connectivity index (χ0n) is 13.6. The van der Waals surface area contributed by atoms with E-state index in [4.69, 9.17) is 5.26 Å². The van der Waals surface area contributed by atoms with Gasteiger partial charge in [-0.15, -0.1) is 0 Å². The lowest BCUT2D eigenvalue weighted by Gasteiger charge is -2.27. The van der Waals surface area contributed by atoms with E-state index in [1.807, 2.05) is 0 Å². The summed E-state index contributed by atoms with van der Waals surface area (Å²) < 4.78 is 78.1. The van der Waals surface area contributed by atoms with Crippen LogP contribution in [0.3, 0.4) is 0 Å². The van der Waals surface area contributed by atoms with Crippen molar-refractivity contribution in [1.29, 1.82) is 5.26 Å². The molecule has 0 bridgehead atoms. The Hall–Kier alpha value is -2.69. The first-order chi connectivity index (χ1) is 12.0. The second-order valence-electron chi connectivity index (χ2n) is 5.80. The first kappa shape index (κ1) is 19.6. The maximum Gasteiger partial charge on any atom is 0.417 e. The van der Waals surface area contributed by atoms with E-state index in [2.05, 4.69) is 0 Å². The molecule has 0 atom stereocenters. The minimum Gasteiger partial charge on any atom is -0.358 e. The predicted octanol–water partition coefficient (Wildman–Crippen LogP) is 5.45. The third-order valence-corrected chi connectivity index (χ3v) is 3.62. The molecule has 2 nitrogen and oxygen atoms in total. The molecule has 0 aliphatic rings. The maximum absolute atomic E-state index is 13.1. The van der Waals surface area contributed by atoms with Crippen molar-refractivity contribution >= 4 is 5.69 Å². The van der Waals surface area contributed by atoms with E-state index in [0.29, 0.717) is 11.6 Å². The monoisotopic (exact) mass is 372 g/mol. The number of anilines is 1. The van der Waals surface area contributed by atoms with Gasteiger partial charge >= 0.3 is 12.4 Å². The number of hydrogen-bond donors (Lipinski definition) is 0. The lowest BCUT2D eigenvalue weighted by atomic mass is 10.1. The van der Waals surface area contributed by atoms with Gasteiger partial charge in [0.05, 0.1) is 17.2 Å². The molecule has 0 unspecified atom stereocenters. The summed E-state index contributed by atoms with van der Waals surface area (Å²) in [5, 5.41) is 8.82. The third kappa shape index (κ3) is 5.15. The van der Waals surface area contributed by atoms with Crippen LogP contribution in [0, 0.1) is 18.3 Å². The zero-order valence-corrected chi connectivity index (χ0v) is 13.6. The van der Waals surface area contributed by atoms with Crippen LogP contribution in [-0.4, -0.2) is 12.7 Å². The number of halogens is 6. The van der Waals surface area contributed by atoms with Gasteiger partial charge in [0.1, 0.15) is 6.54 Å². The van der Waals surface area contributed by atoms with Crippen LogP contribution in [0.5, 0.6) is 0 Å². The van der Waals surface area contributed by atoms with Crippen molar-refractivity contribution < 1.29 is 26.3 Å². The molecule has 0 N–H and O–H groups in total. The van der Waals surface area contributed by atoms with Crippen LogP contribution in [0.1, 0.15) is 22.3 Å². The van der Waals surface area contributed by atoms with Crippen molar-refractivity contribution in [3.63, 3.8) is 0 Å². The SMILES string of the molecule is Cc1cccc(CN(CC(F)(F)F)c2ccc(C#N)c(C(F)(F)F)c2)c1. The van der Waals surface area contributed by atoms with E-state index in [-0.39, 0.29) is 12.2 Å². The zero-order chi connectivity index (χ0) is 19.5. The molecule has 2 rings (SSSR count). The van der Waals surface area contributed by atoms with Crippen molar-refractivity contribution in [2.24, 2.45) is 0 Å². The molecule has 26 heavy (non-hydrogen) atoms. The Morgan fingerprint density at radius 2 is 1.69 bits per heavy atom. The van der Waals surface area contributed by atoms with Crippen LogP contribution in [0.25, 0.3) is 0 Å². The van der Waals surface area contributed by atoms with E-state index < -0.39 is 30.0 Å². The minimum atomic E-state index is -4.84. The molecule has 2 aromatic rings. The largest absolute Gasteiger partial charge is 0.417 e. The van der Waals surface area contributed by atoms with E-state index >= 15 is 0 Å². The lowest BCUT2D eigenvalue weighted by Crippen LogP contribution is -2.34. The Bertz CT molecular complexity index is 818. The molecule has 0 aliphatic heterocycles. The van der Waals surface area contributed by atoms with E-state index in [1.165, 1.54) is 6.07 Å². The van der Waals surface area contributed by atoms with E-state index in [9.17, 15) is 26.3 Å². The van der Waals surface area contributed by atoms with Crippen LogP contribution >= 0.6 is 0 Å². The van der Waals surface area contributed by atoms with Gasteiger partial charge in [-0.1, -0.05) is 29.8 Å². The normalized spacial score (nSPS) is 11.9. The van der Waals surface area contributed by atoms with Crippen molar-refractivity contribution in [2.45, 2.75) is 25.8 Å². The summed E-state index contributed by atoms with van der Waals surface area (Å²) in [6.45, 7) is 0.135. The summed E-state index contributed by atoms with van der Waals surface area (Å²) in [6.07, 6.45) is -9.44. The van der Waals surface area contributed by atoms with Crippen LogP contribution in [0.4, 0.5) is 32.0 Å². The Labute approximate surface area is 146 Å². The molecule has 8 heteroatoms. The van der Waals surface area contributed by atoms with Crippen molar-refractivity contribution in [3.8, 4) is 6.07 Å². The van der Waals surface area contributed by atoms with E-state index in [0.717, 1.165) is 22.6 Å². The van der Waals surface area contributed by atoms with Gasteiger partial charge in [-0.3, -0.25) is 0 Å². The van der Waals surface area contributed by atoms with Gasteiger partial charge < -0.3 is 4.90 Å². The lowest BCUT2D eigenvalue weighted by molar-refractivity contribution is -0.137. The molecular formula is C18H14F6N2. The van der Waals surface area contributed by atoms with E-state index in [1.54, 1.807) is 31.2 Å². The molecule has 0 heterocycles. The molecule has 2 aromatic carbocycles. The molecule has 0 radical (unpaired) electrons. The predicted molar refractivity (Wildman–Crippen MR) is 84.4 cm³/mol. The summed E-state index contributed by atoms with van der Waals surface area (Å²) in [6, 6.07) is 10.7. The fraction of sp³-hybridized carbons (Fsp3) is 0.278. The second kappa shape index (κ2) is 7.28. The molecule has 138 valence electrons. The average Bonchev–Trinajstić information content (AvgIpc) is 2.51. The first-order valence-corrected chi connectivity index (χ1v) is 7.48. The smallest absolute Gasteiger partial charge is 0.358 e. The van der Waals surface area contributed by atoms with Gasteiger partial charge in [-0.05, 0) is 30.7 Å². The van der Waals surface area contributed by atoms with Gasteiger partial charge in [-0.25, -0.2) is 0 Å². The molecule has 0 fully saturated rings. The van der Waals surface area contributed by atoms with Gasteiger partial charge in [0.15, 0.2) is 0 Å². The number of nitrogens with zero attached hydrogens (tertiary/aromatic N) is 2. The summed E-state index contributed by atoms with van der Waals surface area (Å²) in [7, 11) is 0. The average molecular weight is 372 g/mol. The van der Waals surface area contributed by atoms with Crippen molar-refractivity contribution in [1.82, 2.24) is 0 Å². The number of aryl methyl sites for hydroxylation is 1. The summed E-state index contributed by atoms with van der Waals surface area (Å²) >= 11 is 0. The highest BCUT2D eigenvalue weighted by Gasteiger charge is 2.36. The Morgan fingerprint density at radius 1 is 1.00 bits per heavy atom. The van der Waals surface area contributed by atoms with Crippen LogP contribution in [0.2, 0.25) is 0 Å². The summed E-state index contributed by atoms with van der Waals surface area (Å²) in [5.74, 6) is 0. The first-order valence-electron chi connectivity index (χ1n) is 7.48. The van der Waals surface area contributed by atoms with Crippen molar-refractivity contribution in [2.75, 3.05) is 11.4 Å². The molecule has 0 saturated carbocycles. The van der Waals surface area contributed by atoms with Crippen LogP contribution in [-0.2, 0) is 12.7 Å². The van der Waals surface area contributed by atoms with Gasteiger partial charge in [0, 0.05) is 12.2 Å². The standard InChI is InChI=1S/C18H14F6N2/c1-12-3-2-4-13(7-12)10-26(11-17(19,20)21)15-6-5-14(9-25)16(8-15)18(22,23)24/h2-8H,10-11H2,1H3. The topological polar surface area (TPSA) is 27.0 Å². The quantitative estimate of drug-likeness (QED) is 0.667. The van der Waals surface area contributed by atoms with Gasteiger partial charge in [0.25, 0.3) is 0 Å². The van der Waals surface area contributed by atoms with Gasteiger partial charge in [0.2, 0.25) is 0 Å². The summed E-state index contributed by atoms with van der Waals surface area (Å²) in [4.78, 5) is 0.811. The highest BCUT2D eigenvalue weighted by Crippen LogP contribution is 2.35. The molecule has 0 aromatic heterocycles. The van der Waals surface area contributed by atoms with Gasteiger partial charge in [-0.2, -0.15) is 31.6 Å². The Balaban J connectivity index is 2.47. The van der Waals surface area contributed by atoms with Crippen LogP contribution in [0.15, 0.2) is 42.5 Å². The molecule has 0 amide bonds. The number of benzene rings is 2. The maximum atomic E-state index is 13.1. The Morgan fingerprint density at radius 3 is 2.23 bits per heavy atom. The fourth-order valence-corrected chi connectivity index (χ4v) is 2.55. The molecule has 0 aliphatic carbocycles. The van der Waals surface area contributed by atoms with Crippen molar-refractivity contribution in [3.05, 3.63) is 64.7 Å². The highest BCUT2D eigenvalue weighted by atomic mass is 19.4. The number of nitriles is 1. The molecule has 0 saturated heterocycles. The molecular weight excluding hydrogens is 358 g/mol. The highest BCUT2D eigenvalue weighted by molar-refractivity contribution is 5.55. The minimum absolute atomic E-state index is 0.218. The second-order valence-corrected chi connectivity index (χ2v) is 5.80. The molecule has 0 spiro atoms. The summed E-state index contributed by atoms with van der Waals surface area (Å²) in [5.41, 5.74) is -0.787. The van der Waals surface area contributed by atoms with Crippen LogP contribution < -0.4 is 4.90 Å². The number of alkyl halides is 6. The fourth-order valence-electron chi connectivity index (χ4n) is 2.55. The third-order valence-electron chi connectivity index (χ3n) is 3.62. The Kier molecular flexibility index (Phi) is 5.50. The number of rotatable bonds is 4.